The van der Waals surface area contributed by atoms with Gasteiger partial charge in [-0.05, 0) is 30.7 Å². The molecule has 6 heteroatoms. The average molecular weight is 342 g/mol. The number of hydrogen-bond donors (Lipinski definition) is 1. The first-order valence-corrected chi connectivity index (χ1v) is 7.15. The Kier molecular flexibility index (Phi) is 4.77. The molecule has 20 heavy (non-hydrogen) atoms. The Labute approximate surface area is 125 Å². The number of rotatable bonds is 3. The van der Waals surface area contributed by atoms with Crippen molar-refractivity contribution in [3.8, 4) is 0 Å². The van der Waals surface area contributed by atoms with Crippen molar-refractivity contribution in [3.05, 3.63) is 33.8 Å². The SMILES string of the molecule is Cc1cc(C(=O)N2CCOC(CC(=O)O)C2)ccc1Br. The van der Waals surface area contributed by atoms with E-state index in [9.17, 15) is 9.59 Å². The van der Waals surface area contributed by atoms with Gasteiger partial charge in [-0.3, -0.25) is 9.59 Å². The van der Waals surface area contributed by atoms with E-state index in [0.717, 1.165) is 10.0 Å². The normalized spacial score (nSPS) is 18.9. The van der Waals surface area contributed by atoms with Crippen LogP contribution in [0.15, 0.2) is 22.7 Å². The van der Waals surface area contributed by atoms with E-state index in [1.807, 2.05) is 19.1 Å². The third-order valence-corrected chi connectivity index (χ3v) is 4.12. The van der Waals surface area contributed by atoms with E-state index < -0.39 is 12.1 Å². The predicted octanol–water partition coefficient (Wildman–Crippen LogP) is 2.07. The Morgan fingerprint density at radius 3 is 2.90 bits per heavy atom. The lowest BCUT2D eigenvalue weighted by molar-refractivity contribution is -0.141. The molecule has 0 spiro atoms. The maximum absolute atomic E-state index is 12.4. The number of amides is 1. The number of aryl methyl sites for hydroxylation is 1. The molecule has 1 saturated heterocycles. The summed E-state index contributed by atoms with van der Waals surface area (Å²) in [5.74, 6) is -0.997. The first-order chi connectivity index (χ1) is 9.47. The minimum atomic E-state index is -0.913. The van der Waals surface area contributed by atoms with Crippen LogP contribution >= 0.6 is 15.9 Å². The summed E-state index contributed by atoms with van der Waals surface area (Å²) in [4.78, 5) is 24.8. The fourth-order valence-electron chi connectivity index (χ4n) is 2.18. The highest BCUT2D eigenvalue weighted by Gasteiger charge is 2.26. The minimum absolute atomic E-state index is 0.0802. The molecule has 1 aliphatic rings. The molecule has 0 aromatic heterocycles. The van der Waals surface area contributed by atoms with Gasteiger partial charge in [0.1, 0.15) is 0 Å². The summed E-state index contributed by atoms with van der Waals surface area (Å²) >= 11 is 3.40. The van der Waals surface area contributed by atoms with E-state index >= 15 is 0 Å². The molecule has 1 aromatic rings. The second-order valence-electron chi connectivity index (χ2n) is 4.81. The van der Waals surface area contributed by atoms with Gasteiger partial charge in [0.2, 0.25) is 0 Å². The van der Waals surface area contributed by atoms with Gasteiger partial charge in [-0.2, -0.15) is 0 Å². The van der Waals surface area contributed by atoms with Gasteiger partial charge in [0, 0.05) is 23.1 Å². The van der Waals surface area contributed by atoms with Crippen molar-refractivity contribution in [1.29, 1.82) is 0 Å². The maximum Gasteiger partial charge on any atom is 0.306 e. The lowest BCUT2D eigenvalue weighted by Crippen LogP contribution is -2.46. The lowest BCUT2D eigenvalue weighted by atomic mass is 10.1. The number of benzene rings is 1. The van der Waals surface area contributed by atoms with Gasteiger partial charge < -0.3 is 14.7 Å². The number of hydrogen-bond acceptors (Lipinski definition) is 3. The van der Waals surface area contributed by atoms with E-state index in [1.54, 1.807) is 11.0 Å². The van der Waals surface area contributed by atoms with Crippen molar-refractivity contribution >= 4 is 27.8 Å². The highest BCUT2D eigenvalue weighted by molar-refractivity contribution is 9.10. The number of carboxylic acids is 1. The van der Waals surface area contributed by atoms with E-state index in [4.69, 9.17) is 9.84 Å². The second kappa shape index (κ2) is 6.37. The van der Waals surface area contributed by atoms with Crippen LogP contribution in [0.5, 0.6) is 0 Å². The van der Waals surface area contributed by atoms with Crippen LogP contribution in [0.3, 0.4) is 0 Å². The third-order valence-electron chi connectivity index (χ3n) is 3.23. The van der Waals surface area contributed by atoms with Gasteiger partial charge in [-0.25, -0.2) is 0 Å². The number of nitrogens with zero attached hydrogens (tertiary/aromatic N) is 1. The molecule has 0 radical (unpaired) electrons. The van der Waals surface area contributed by atoms with Gasteiger partial charge in [0.05, 0.1) is 19.1 Å². The van der Waals surface area contributed by atoms with E-state index in [1.165, 1.54) is 0 Å². The molecule has 1 heterocycles. The molecular weight excluding hydrogens is 326 g/mol. The second-order valence-corrected chi connectivity index (χ2v) is 5.66. The zero-order valence-electron chi connectivity index (χ0n) is 11.1. The molecule has 1 fully saturated rings. The number of halogens is 1. The van der Waals surface area contributed by atoms with E-state index in [0.29, 0.717) is 25.3 Å². The zero-order chi connectivity index (χ0) is 14.7. The lowest BCUT2D eigenvalue weighted by Gasteiger charge is -2.32. The standard InChI is InChI=1S/C14H16BrNO4/c1-9-6-10(2-3-12(9)15)14(19)16-4-5-20-11(8-16)7-13(17)18/h2-3,6,11H,4-5,7-8H2,1H3,(H,17,18). The van der Waals surface area contributed by atoms with Crippen LogP contribution < -0.4 is 0 Å². The van der Waals surface area contributed by atoms with E-state index in [2.05, 4.69) is 15.9 Å². The molecular formula is C14H16BrNO4. The molecule has 1 N–H and O–H groups in total. The van der Waals surface area contributed by atoms with Gasteiger partial charge in [0.15, 0.2) is 0 Å². The van der Waals surface area contributed by atoms with Crippen LogP contribution in [0.2, 0.25) is 0 Å². The first-order valence-electron chi connectivity index (χ1n) is 6.36. The first kappa shape index (κ1) is 15.0. The Bertz CT molecular complexity index is 532. The average Bonchev–Trinajstić information content (AvgIpc) is 2.40. The van der Waals surface area contributed by atoms with Crippen LogP contribution in [0.25, 0.3) is 0 Å². The number of carbonyl (C=O) groups excluding carboxylic acids is 1. The molecule has 0 saturated carbocycles. The van der Waals surface area contributed by atoms with E-state index in [-0.39, 0.29) is 12.3 Å². The Hall–Kier alpha value is -1.40. The quantitative estimate of drug-likeness (QED) is 0.913. The number of carbonyl (C=O) groups is 2. The van der Waals surface area contributed by atoms with Crippen LogP contribution in [0.1, 0.15) is 22.3 Å². The molecule has 0 aliphatic carbocycles. The molecule has 2 rings (SSSR count). The van der Waals surface area contributed by atoms with Crippen LogP contribution in [-0.4, -0.2) is 47.7 Å². The summed E-state index contributed by atoms with van der Waals surface area (Å²) in [6, 6.07) is 5.44. The molecule has 1 unspecified atom stereocenters. The zero-order valence-corrected chi connectivity index (χ0v) is 12.7. The number of ether oxygens (including phenoxy) is 1. The summed E-state index contributed by atoms with van der Waals surface area (Å²) in [6.45, 7) is 3.11. The van der Waals surface area contributed by atoms with Crippen molar-refractivity contribution in [2.45, 2.75) is 19.4 Å². The van der Waals surface area contributed by atoms with Crippen molar-refractivity contribution in [2.75, 3.05) is 19.7 Å². The summed E-state index contributed by atoms with van der Waals surface area (Å²) in [5.41, 5.74) is 1.60. The predicted molar refractivity (Wildman–Crippen MR) is 76.8 cm³/mol. The molecule has 0 bridgehead atoms. The van der Waals surface area contributed by atoms with Crippen LogP contribution in [-0.2, 0) is 9.53 Å². The number of aliphatic carboxylic acids is 1. The van der Waals surface area contributed by atoms with Gasteiger partial charge in [-0.1, -0.05) is 15.9 Å². The Morgan fingerprint density at radius 1 is 1.50 bits per heavy atom. The Balaban J connectivity index is 2.08. The van der Waals surface area contributed by atoms with Crippen LogP contribution in [0, 0.1) is 6.92 Å². The summed E-state index contributed by atoms with van der Waals surface area (Å²) in [6.07, 6.45) is -0.509. The van der Waals surface area contributed by atoms with Gasteiger partial charge in [0.25, 0.3) is 5.91 Å². The summed E-state index contributed by atoms with van der Waals surface area (Å²) in [5, 5.41) is 8.79. The van der Waals surface area contributed by atoms with Crippen molar-refractivity contribution in [3.63, 3.8) is 0 Å². The number of carboxylic acid groups (broad SMARTS) is 1. The van der Waals surface area contributed by atoms with Crippen LogP contribution in [0.4, 0.5) is 0 Å². The fraction of sp³-hybridized carbons (Fsp3) is 0.429. The molecule has 108 valence electrons. The topological polar surface area (TPSA) is 66.8 Å². The molecule has 1 aliphatic heterocycles. The smallest absolute Gasteiger partial charge is 0.306 e. The molecule has 5 nitrogen and oxygen atoms in total. The Morgan fingerprint density at radius 2 is 2.25 bits per heavy atom. The molecule has 1 atom stereocenters. The fourth-order valence-corrected chi connectivity index (χ4v) is 2.43. The minimum Gasteiger partial charge on any atom is -0.481 e. The van der Waals surface area contributed by atoms with Crippen molar-refractivity contribution < 1.29 is 19.4 Å². The highest BCUT2D eigenvalue weighted by Crippen LogP contribution is 2.19. The summed E-state index contributed by atoms with van der Waals surface area (Å²) < 4.78 is 6.32. The molecule has 1 aromatic carbocycles. The largest absolute Gasteiger partial charge is 0.481 e. The summed E-state index contributed by atoms with van der Waals surface area (Å²) in [7, 11) is 0. The number of morpholine rings is 1. The van der Waals surface area contributed by atoms with Crippen molar-refractivity contribution in [1.82, 2.24) is 4.90 Å². The monoisotopic (exact) mass is 341 g/mol. The maximum atomic E-state index is 12.4. The molecule has 1 amide bonds. The highest BCUT2D eigenvalue weighted by atomic mass is 79.9. The van der Waals surface area contributed by atoms with Gasteiger partial charge in [-0.15, -0.1) is 0 Å². The van der Waals surface area contributed by atoms with Gasteiger partial charge >= 0.3 is 5.97 Å². The third kappa shape index (κ3) is 3.58. The van der Waals surface area contributed by atoms with Crippen molar-refractivity contribution in [2.24, 2.45) is 0 Å².